The van der Waals surface area contributed by atoms with Crippen molar-refractivity contribution < 1.29 is 9.16 Å². The molecule has 0 saturated heterocycles. The molecule has 0 radical (unpaired) electrons. The van der Waals surface area contributed by atoms with Crippen LogP contribution in [0.1, 0.15) is 46.0 Å². The fourth-order valence-corrected chi connectivity index (χ4v) is 2.64. The average Bonchev–Trinajstić information content (AvgIpc) is 2.17. The Morgan fingerprint density at radius 1 is 1.15 bits per heavy atom. The zero-order chi connectivity index (χ0) is 9.94. The standard InChI is InChI=1S/C10H24O2Si/c1-4-6-8-10(11-3)12-13-9-7-5-2/h10H,4-9,13H2,1-3H3. The Balaban J connectivity index is 3.25. The Morgan fingerprint density at radius 2 is 1.85 bits per heavy atom. The summed E-state index contributed by atoms with van der Waals surface area (Å²) in [6.07, 6.45) is 6.18. The highest BCUT2D eigenvalue weighted by atomic mass is 28.2. The zero-order valence-electron chi connectivity index (χ0n) is 9.34. The van der Waals surface area contributed by atoms with Gasteiger partial charge in [-0.25, -0.2) is 0 Å². The highest BCUT2D eigenvalue weighted by Gasteiger charge is 2.05. The maximum absolute atomic E-state index is 5.71. The summed E-state index contributed by atoms with van der Waals surface area (Å²) < 4.78 is 11.0. The first kappa shape index (κ1) is 13.1. The van der Waals surface area contributed by atoms with Gasteiger partial charge in [-0.05, 0) is 18.9 Å². The summed E-state index contributed by atoms with van der Waals surface area (Å²) in [6, 6.07) is 1.29. The minimum atomic E-state index is -0.311. The van der Waals surface area contributed by atoms with E-state index in [2.05, 4.69) is 13.8 Å². The third kappa shape index (κ3) is 8.47. The first-order valence-corrected chi connectivity index (χ1v) is 7.07. The summed E-state index contributed by atoms with van der Waals surface area (Å²) in [5.74, 6) is 0. The van der Waals surface area contributed by atoms with Gasteiger partial charge in [-0.15, -0.1) is 0 Å². The molecule has 0 aliphatic heterocycles. The second-order valence-electron chi connectivity index (χ2n) is 3.39. The average molecular weight is 204 g/mol. The Labute approximate surface area is 84.9 Å². The smallest absolute Gasteiger partial charge is 0.165 e. The van der Waals surface area contributed by atoms with Crippen molar-refractivity contribution in [2.24, 2.45) is 0 Å². The SMILES string of the molecule is CCCC[SiH2]OC(CCCC)OC. The van der Waals surface area contributed by atoms with Crippen molar-refractivity contribution in [3.05, 3.63) is 0 Å². The zero-order valence-corrected chi connectivity index (χ0v) is 10.8. The van der Waals surface area contributed by atoms with E-state index in [1.165, 1.54) is 31.7 Å². The largest absolute Gasteiger partial charge is 0.400 e. The van der Waals surface area contributed by atoms with Gasteiger partial charge in [0.2, 0.25) is 0 Å². The van der Waals surface area contributed by atoms with Crippen LogP contribution in [0.15, 0.2) is 0 Å². The molecule has 0 fully saturated rings. The Hall–Kier alpha value is 0.137. The lowest BCUT2D eigenvalue weighted by molar-refractivity contribution is -0.0584. The van der Waals surface area contributed by atoms with Gasteiger partial charge in [0.05, 0.1) is 0 Å². The predicted octanol–water partition coefficient (Wildman–Crippen LogP) is 2.47. The van der Waals surface area contributed by atoms with E-state index in [1.54, 1.807) is 7.11 Å². The Bertz CT molecular complexity index is 98.9. The van der Waals surface area contributed by atoms with Gasteiger partial charge in [-0.2, -0.15) is 0 Å². The second kappa shape index (κ2) is 10.2. The van der Waals surface area contributed by atoms with Crippen molar-refractivity contribution in [3.63, 3.8) is 0 Å². The molecule has 0 heterocycles. The van der Waals surface area contributed by atoms with E-state index in [1.807, 2.05) is 0 Å². The lowest BCUT2D eigenvalue weighted by atomic mass is 10.2. The van der Waals surface area contributed by atoms with E-state index in [9.17, 15) is 0 Å². The monoisotopic (exact) mass is 204 g/mol. The third-order valence-corrected chi connectivity index (χ3v) is 3.50. The van der Waals surface area contributed by atoms with Crippen molar-refractivity contribution in [1.29, 1.82) is 0 Å². The maximum Gasteiger partial charge on any atom is 0.165 e. The number of hydrogen-bond donors (Lipinski definition) is 0. The predicted molar refractivity (Wildman–Crippen MR) is 59.7 cm³/mol. The minimum absolute atomic E-state index is 0.0865. The summed E-state index contributed by atoms with van der Waals surface area (Å²) in [6.45, 7) is 4.42. The lowest BCUT2D eigenvalue weighted by Gasteiger charge is -2.15. The molecule has 0 rings (SSSR count). The van der Waals surface area contributed by atoms with Crippen LogP contribution in [0.3, 0.4) is 0 Å². The number of hydrogen-bond acceptors (Lipinski definition) is 2. The molecule has 1 atom stereocenters. The van der Waals surface area contributed by atoms with Gasteiger partial charge in [0.1, 0.15) is 6.29 Å². The Morgan fingerprint density at radius 3 is 2.38 bits per heavy atom. The molecule has 1 unspecified atom stereocenters. The van der Waals surface area contributed by atoms with Crippen molar-refractivity contribution >= 4 is 9.76 Å². The van der Waals surface area contributed by atoms with Crippen LogP contribution >= 0.6 is 0 Å². The van der Waals surface area contributed by atoms with Gasteiger partial charge >= 0.3 is 0 Å². The highest BCUT2D eigenvalue weighted by Crippen LogP contribution is 2.06. The number of methoxy groups -OCH3 is 1. The van der Waals surface area contributed by atoms with Crippen LogP contribution in [0, 0.1) is 0 Å². The fourth-order valence-electron chi connectivity index (χ4n) is 1.21. The molecule has 2 nitrogen and oxygen atoms in total. The molecule has 13 heavy (non-hydrogen) atoms. The first-order valence-electron chi connectivity index (χ1n) is 5.49. The summed E-state index contributed by atoms with van der Waals surface area (Å²) in [4.78, 5) is 0. The van der Waals surface area contributed by atoms with E-state index in [-0.39, 0.29) is 16.1 Å². The van der Waals surface area contributed by atoms with Crippen molar-refractivity contribution in [3.8, 4) is 0 Å². The molecule has 0 aliphatic rings. The van der Waals surface area contributed by atoms with Crippen molar-refractivity contribution in [2.75, 3.05) is 7.11 Å². The number of ether oxygens (including phenoxy) is 1. The van der Waals surface area contributed by atoms with E-state index in [0.29, 0.717) is 0 Å². The van der Waals surface area contributed by atoms with E-state index in [4.69, 9.17) is 9.16 Å². The van der Waals surface area contributed by atoms with Crippen LogP contribution < -0.4 is 0 Å². The van der Waals surface area contributed by atoms with E-state index < -0.39 is 0 Å². The third-order valence-electron chi connectivity index (χ3n) is 2.11. The number of unbranched alkanes of at least 4 members (excludes halogenated alkanes) is 2. The fraction of sp³-hybridized carbons (Fsp3) is 1.00. The topological polar surface area (TPSA) is 18.5 Å². The van der Waals surface area contributed by atoms with Gasteiger partial charge in [0, 0.05) is 7.11 Å². The molecule has 80 valence electrons. The van der Waals surface area contributed by atoms with Gasteiger partial charge in [0.25, 0.3) is 0 Å². The van der Waals surface area contributed by atoms with E-state index in [0.717, 1.165) is 6.42 Å². The number of rotatable bonds is 9. The van der Waals surface area contributed by atoms with Crippen LogP contribution in [-0.4, -0.2) is 23.2 Å². The molecule has 0 bridgehead atoms. The van der Waals surface area contributed by atoms with Gasteiger partial charge in [-0.1, -0.05) is 33.1 Å². The molecule has 3 heteroatoms. The lowest BCUT2D eigenvalue weighted by Crippen LogP contribution is -2.17. The van der Waals surface area contributed by atoms with Crippen molar-refractivity contribution in [2.45, 2.75) is 58.3 Å². The Kier molecular flexibility index (Phi) is 10.3. The molecule has 0 aliphatic carbocycles. The molecule has 0 N–H and O–H groups in total. The molecular weight excluding hydrogens is 180 g/mol. The summed E-state index contributed by atoms with van der Waals surface area (Å²) in [5, 5.41) is 0. The van der Waals surface area contributed by atoms with Crippen LogP contribution in [0.25, 0.3) is 0 Å². The van der Waals surface area contributed by atoms with Crippen LogP contribution in [0.2, 0.25) is 6.04 Å². The first-order chi connectivity index (χ1) is 6.35. The van der Waals surface area contributed by atoms with Crippen LogP contribution in [-0.2, 0) is 9.16 Å². The molecule has 0 spiro atoms. The second-order valence-corrected chi connectivity index (χ2v) is 4.83. The van der Waals surface area contributed by atoms with Crippen LogP contribution in [0.4, 0.5) is 0 Å². The normalized spacial score (nSPS) is 14.1. The molecule has 0 aromatic carbocycles. The molecule has 0 amide bonds. The molecule has 0 aromatic rings. The molecule has 0 aromatic heterocycles. The summed E-state index contributed by atoms with van der Waals surface area (Å²) >= 11 is 0. The van der Waals surface area contributed by atoms with Gasteiger partial charge < -0.3 is 9.16 Å². The summed E-state index contributed by atoms with van der Waals surface area (Å²) in [7, 11) is 1.43. The molecular formula is C10H24O2Si. The summed E-state index contributed by atoms with van der Waals surface area (Å²) in [5.41, 5.74) is 0. The maximum atomic E-state index is 5.71. The van der Waals surface area contributed by atoms with Crippen LogP contribution in [0.5, 0.6) is 0 Å². The highest BCUT2D eigenvalue weighted by molar-refractivity contribution is 6.27. The quantitative estimate of drug-likeness (QED) is 0.326. The van der Waals surface area contributed by atoms with Crippen molar-refractivity contribution in [1.82, 2.24) is 0 Å². The molecule has 0 saturated carbocycles. The van der Waals surface area contributed by atoms with Gasteiger partial charge in [0.15, 0.2) is 9.76 Å². The van der Waals surface area contributed by atoms with E-state index >= 15 is 0 Å². The van der Waals surface area contributed by atoms with Gasteiger partial charge in [-0.3, -0.25) is 0 Å². The minimum Gasteiger partial charge on any atom is -0.400 e.